The second-order valence-electron chi connectivity index (χ2n) is 6.40. The van der Waals surface area contributed by atoms with Gasteiger partial charge in [0, 0.05) is 12.5 Å². The van der Waals surface area contributed by atoms with E-state index in [1.54, 1.807) is 0 Å². The zero-order valence-electron chi connectivity index (χ0n) is 12.4. The number of carbonyl (C=O) groups excluding carboxylic acids is 1. The Labute approximate surface area is 129 Å². The summed E-state index contributed by atoms with van der Waals surface area (Å²) in [7, 11) is 0. The summed E-state index contributed by atoms with van der Waals surface area (Å²) in [5.41, 5.74) is 7.26. The first-order chi connectivity index (χ1) is 10.1. The Hall–Kier alpha value is -1.54. The predicted octanol–water partition coefficient (Wildman–Crippen LogP) is 3.79. The SMILES string of the molecule is CCCC1(CNc2sc(C(=O)C3CC3)c(N)c2C#N)CC1. The van der Waals surface area contributed by atoms with Crippen LogP contribution >= 0.6 is 11.3 Å². The van der Waals surface area contributed by atoms with Crippen molar-refractivity contribution in [2.24, 2.45) is 11.3 Å². The lowest BCUT2D eigenvalue weighted by Crippen LogP contribution is -2.15. The second kappa shape index (κ2) is 5.34. The molecule has 0 aromatic carbocycles. The fraction of sp³-hybridized carbons (Fsp3) is 0.625. The first kappa shape index (κ1) is 14.4. The fourth-order valence-electron chi connectivity index (χ4n) is 2.88. The van der Waals surface area contributed by atoms with Crippen LogP contribution in [0.15, 0.2) is 0 Å². The molecular formula is C16H21N3OS. The number of hydrogen-bond donors (Lipinski definition) is 2. The number of nitrogens with two attached hydrogens (primary N) is 1. The number of nitrogen functional groups attached to an aromatic ring is 1. The molecule has 112 valence electrons. The average Bonchev–Trinajstić information content (AvgIpc) is 3.36. The Morgan fingerprint density at radius 2 is 2.24 bits per heavy atom. The number of nitrogens with one attached hydrogen (secondary N) is 1. The number of rotatable bonds is 7. The maximum absolute atomic E-state index is 12.2. The van der Waals surface area contributed by atoms with Crippen LogP contribution in [0.1, 0.15) is 60.7 Å². The fourth-order valence-corrected chi connectivity index (χ4v) is 3.97. The van der Waals surface area contributed by atoms with Crippen LogP contribution in [-0.4, -0.2) is 12.3 Å². The molecule has 0 unspecified atom stereocenters. The minimum Gasteiger partial charge on any atom is -0.396 e. The lowest BCUT2D eigenvalue weighted by atomic mass is 10.0. The predicted molar refractivity (Wildman–Crippen MR) is 85.6 cm³/mol. The summed E-state index contributed by atoms with van der Waals surface area (Å²) in [6.45, 7) is 3.09. The van der Waals surface area contributed by atoms with Crippen molar-refractivity contribution in [1.82, 2.24) is 0 Å². The number of Topliss-reactive ketones (excluding diaryl/α,β-unsaturated/α-hetero) is 1. The highest BCUT2D eigenvalue weighted by Crippen LogP contribution is 2.50. The van der Waals surface area contributed by atoms with Crippen molar-refractivity contribution in [3.8, 4) is 6.07 Å². The third kappa shape index (κ3) is 2.77. The molecule has 21 heavy (non-hydrogen) atoms. The van der Waals surface area contributed by atoms with Crippen LogP contribution in [0, 0.1) is 22.7 Å². The number of anilines is 2. The molecule has 2 aliphatic rings. The molecule has 0 saturated heterocycles. The van der Waals surface area contributed by atoms with Gasteiger partial charge in [0.05, 0.1) is 10.6 Å². The molecule has 2 aliphatic carbocycles. The van der Waals surface area contributed by atoms with Gasteiger partial charge in [0.25, 0.3) is 0 Å². The van der Waals surface area contributed by atoms with E-state index in [4.69, 9.17) is 5.73 Å². The highest BCUT2D eigenvalue weighted by atomic mass is 32.1. The van der Waals surface area contributed by atoms with E-state index >= 15 is 0 Å². The van der Waals surface area contributed by atoms with Crippen molar-refractivity contribution < 1.29 is 4.79 Å². The maximum atomic E-state index is 12.2. The van der Waals surface area contributed by atoms with Gasteiger partial charge in [-0.1, -0.05) is 13.3 Å². The van der Waals surface area contributed by atoms with Crippen LogP contribution in [0.5, 0.6) is 0 Å². The van der Waals surface area contributed by atoms with E-state index in [1.807, 2.05) is 0 Å². The van der Waals surface area contributed by atoms with Gasteiger partial charge in [0.1, 0.15) is 16.6 Å². The van der Waals surface area contributed by atoms with E-state index in [0.717, 1.165) is 24.4 Å². The largest absolute Gasteiger partial charge is 0.396 e. The molecule has 4 nitrogen and oxygen atoms in total. The molecule has 0 aliphatic heterocycles. The summed E-state index contributed by atoms with van der Waals surface area (Å²) in [5, 5.41) is 13.5. The number of ketones is 1. The van der Waals surface area contributed by atoms with E-state index < -0.39 is 0 Å². The number of nitrogens with zero attached hydrogens (tertiary/aromatic N) is 1. The quantitative estimate of drug-likeness (QED) is 0.751. The van der Waals surface area contributed by atoms with Gasteiger partial charge >= 0.3 is 0 Å². The van der Waals surface area contributed by atoms with E-state index in [1.165, 1.54) is 37.0 Å². The summed E-state index contributed by atoms with van der Waals surface area (Å²) in [4.78, 5) is 12.8. The monoisotopic (exact) mass is 303 g/mol. The highest BCUT2D eigenvalue weighted by Gasteiger charge is 2.41. The summed E-state index contributed by atoms with van der Waals surface area (Å²) in [6.07, 6.45) is 6.83. The molecule has 1 aromatic heterocycles. The van der Waals surface area contributed by atoms with Crippen LogP contribution in [-0.2, 0) is 0 Å². The van der Waals surface area contributed by atoms with E-state index in [2.05, 4.69) is 18.3 Å². The molecule has 3 rings (SSSR count). The second-order valence-corrected chi connectivity index (χ2v) is 7.42. The topological polar surface area (TPSA) is 78.9 Å². The summed E-state index contributed by atoms with van der Waals surface area (Å²) >= 11 is 1.37. The molecule has 0 amide bonds. The Bertz CT molecular complexity index is 606. The van der Waals surface area contributed by atoms with Gasteiger partial charge in [-0.3, -0.25) is 4.79 Å². The van der Waals surface area contributed by atoms with Gasteiger partial charge in [0.15, 0.2) is 5.78 Å². The third-order valence-electron chi connectivity index (χ3n) is 4.59. The van der Waals surface area contributed by atoms with Crippen molar-refractivity contribution in [2.45, 2.75) is 45.4 Å². The molecule has 2 fully saturated rings. The lowest BCUT2D eigenvalue weighted by molar-refractivity contribution is 0.0972. The third-order valence-corrected chi connectivity index (χ3v) is 5.77. The Morgan fingerprint density at radius 3 is 2.76 bits per heavy atom. The number of carbonyl (C=O) groups is 1. The van der Waals surface area contributed by atoms with E-state index in [9.17, 15) is 10.1 Å². The Morgan fingerprint density at radius 1 is 1.52 bits per heavy atom. The molecule has 3 N–H and O–H groups in total. The Balaban J connectivity index is 1.77. The van der Waals surface area contributed by atoms with Crippen molar-refractivity contribution in [3.05, 3.63) is 10.4 Å². The minimum absolute atomic E-state index is 0.122. The van der Waals surface area contributed by atoms with E-state index in [-0.39, 0.29) is 11.7 Å². The zero-order valence-corrected chi connectivity index (χ0v) is 13.2. The van der Waals surface area contributed by atoms with Gasteiger partial charge in [-0.05, 0) is 37.5 Å². The zero-order chi connectivity index (χ0) is 15.0. The van der Waals surface area contributed by atoms with Gasteiger partial charge in [0.2, 0.25) is 0 Å². The van der Waals surface area contributed by atoms with Crippen LogP contribution in [0.2, 0.25) is 0 Å². The van der Waals surface area contributed by atoms with Crippen molar-refractivity contribution in [3.63, 3.8) is 0 Å². The molecule has 1 aromatic rings. The van der Waals surface area contributed by atoms with Crippen LogP contribution < -0.4 is 11.1 Å². The van der Waals surface area contributed by atoms with Gasteiger partial charge < -0.3 is 11.1 Å². The highest BCUT2D eigenvalue weighted by molar-refractivity contribution is 7.19. The molecular weight excluding hydrogens is 282 g/mol. The molecule has 2 saturated carbocycles. The first-order valence-electron chi connectivity index (χ1n) is 7.70. The van der Waals surface area contributed by atoms with Crippen molar-refractivity contribution >= 4 is 27.8 Å². The van der Waals surface area contributed by atoms with Gasteiger partial charge in [-0.15, -0.1) is 11.3 Å². The van der Waals surface area contributed by atoms with E-state index in [0.29, 0.717) is 21.5 Å². The molecule has 0 radical (unpaired) electrons. The summed E-state index contributed by atoms with van der Waals surface area (Å²) < 4.78 is 0. The van der Waals surface area contributed by atoms with Crippen LogP contribution in [0.3, 0.4) is 0 Å². The standard InChI is InChI=1S/C16H21N3OS/c1-2-5-16(6-7-16)9-19-15-11(8-17)12(18)14(21-15)13(20)10-3-4-10/h10,19H,2-7,9,18H2,1H3. The first-order valence-corrected chi connectivity index (χ1v) is 8.52. The normalized spacial score (nSPS) is 19.0. The summed E-state index contributed by atoms with van der Waals surface area (Å²) in [5.74, 6) is 0.261. The lowest BCUT2D eigenvalue weighted by Gasteiger charge is -2.14. The minimum atomic E-state index is 0.122. The average molecular weight is 303 g/mol. The molecule has 0 atom stereocenters. The number of hydrogen-bond acceptors (Lipinski definition) is 5. The Kier molecular flexibility index (Phi) is 3.66. The van der Waals surface area contributed by atoms with Gasteiger partial charge in [-0.2, -0.15) is 5.26 Å². The molecule has 1 heterocycles. The smallest absolute Gasteiger partial charge is 0.178 e. The number of thiophene rings is 1. The van der Waals surface area contributed by atoms with Crippen LogP contribution in [0.4, 0.5) is 10.7 Å². The maximum Gasteiger partial charge on any atom is 0.178 e. The molecule has 0 spiro atoms. The number of nitriles is 1. The summed E-state index contributed by atoms with van der Waals surface area (Å²) in [6, 6.07) is 2.16. The van der Waals surface area contributed by atoms with Gasteiger partial charge in [-0.25, -0.2) is 0 Å². The molecule has 0 bridgehead atoms. The van der Waals surface area contributed by atoms with Crippen molar-refractivity contribution in [1.29, 1.82) is 5.26 Å². The van der Waals surface area contributed by atoms with Crippen molar-refractivity contribution in [2.75, 3.05) is 17.6 Å². The van der Waals surface area contributed by atoms with Crippen LogP contribution in [0.25, 0.3) is 0 Å². The molecule has 5 heteroatoms.